The molecule has 4 saturated heterocycles. The van der Waals surface area contributed by atoms with Crippen molar-refractivity contribution >= 4 is 5.91 Å². The summed E-state index contributed by atoms with van der Waals surface area (Å²) in [6.07, 6.45) is 12.1. The molecule has 0 radical (unpaired) electrons. The van der Waals surface area contributed by atoms with Gasteiger partial charge in [-0.05, 0) is 68.7 Å². The second kappa shape index (κ2) is 13.4. The van der Waals surface area contributed by atoms with Crippen molar-refractivity contribution < 1.29 is 9.90 Å². The molecule has 9 atom stereocenters. The van der Waals surface area contributed by atoms with E-state index in [1.165, 1.54) is 32.1 Å². The Bertz CT molecular complexity index is 883. The Balaban J connectivity index is 1.33. The molecule has 1 aliphatic carbocycles. The van der Waals surface area contributed by atoms with E-state index in [0.29, 0.717) is 12.5 Å². The van der Waals surface area contributed by atoms with Gasteiger partial charge < -0.3 is 26.8 Å². The van der Waals surface area contributed by atoms with Gasteiger partial charge in [0.1, 0.15) is 0 Å². The topological polar surface area (TPSA) is 138 Å². The van der Waals surface area contributed by atoms with Crippen LogP contribution in [0.1, 0.15) is 90.9 Å². The van der Waals surface area contributed by atoms with Crippen molar-refractivity contribution in [2.75, 3.05) is 26.2 Å². The second-order valence-electron chi connectivity index (χ2n) is 14.0. The van der Waals surface area contributed by atoms with Gasteiger partial charge in [-0.25, -0.2) is 0 Å². The number of nitriles is 1. The minimum Gasteiger partial charge on any atom is -0.393 e. The fraction of sp³-hybridized carbons (Fsp3) is 0.935. The Hall–Kier alpha value is -1.28. The van der Waals surface area contributed by atoms with Crippen LogP contribution < -0.4 is 27.0 Å². The first-order valence-electron chi connectivity index (χ1n) is 16.4. The van der Waals surface area contributed by atoms with Crippen molar-refractivity contribution in [2.24, 2.45) is 28.9 Å². The molecule has 9 heteroatoms. The van der Waals surface area contributed by atoms with Gasteiger partial charge in [0.2, 0.25) is 5.91 Å². The van der Waals surface area contributed by atoms with Crippen LogP contribution in [0.2, 0.25) is 0 Å². The van der Waals surface area contributed by atoms with Crippen molar-refractivity contribution in [3.63, 3.8) is 0 Å². The highest BCUT2D eigenvalue weighted by Gasteiger charge is 2.55. The number of likely N-dealkylation sites (tertiary alicyclic amines) is 1. The van der Waals surface area contributed by atoms with Crippen molar-refractivity contribution in [2.45, 2.75) is 133 Å². The first-order valence-corrected chi connectivity index (χ1v) is 16.4. The zero-order valence-corrected chi connectivity index (χ0v) is 24.9. The third kappa shape index (κ3) is 6.38. The molecule has 4 heterocycles. The van der Waals surface area contributed by atoms with E-state index in [-0.39, 0.29) is 53.4 Å². The van der Waals surface area contributed by atoms with E-state index in [1.54, 1.807) is 0 Å². The Morgan fingerprint density at radius 2 is 1.88 bits per heavy atom. The molecule has 0 aromatic carbocycles. The first-order chi connectivity index (χ1) is 19.3. The maximum Gasteiger partial charge on any atom is 0.227 e. The number of carbonyl (C=O) groups excluding carboxylic acids is 1. The van der Waals surface area contributed by atoms with Gasteiger partial charge in [0.25, 0.3) is 0 Å². The zero-order valence-electron chi connectivity index (χ0n) is 24.9. The predicted octanol–water partition coefficient (Wildman–Crippen LogP) is 1.81. The van der Waals surface area contributed by atoms with Crippen LogP contribution in [0.4, 0.5) is 0 Å². The average Bonchev–Trinajstić information content (AvgIpc) is 3.01. The fourth-order valence-corrected chi connectivity index (χ4v) is 9.10. The van der Waals surface area contributed by atoms with Gasteiger partial charge in [-0.1, -0.05) is 39.5 Å². The number of nitrogens with two attached hydrogens (primary N) is 1. The molecule has 40 heavy (non-hydrogen) atoms. The number of nitrogens with one attached hydrogen (secondary N) is 4. The second-order valence-corrected chi connectivity index (χ2v) is 14.0. The predicted molar refractivity (Wildman–Crippen MR) is 157 cm³/mol. The van der Waals surface area contributed by atoms with Crippen LogP contribution in [0.15, 0.2) is 0 Å². The van der Waals surface area contributed by atoms with E-state index in [1.807, 2.05) is 0 Å². The molecule has 9 unspecified atom stereocenters. The molecule has 0 aromatic rings. The third-order valence-electron chi connectivity index (χ3n) is 11.4. The number of amides is 1. The highest BCUT2D eigenvalue weighted by Crippen LogP contribution is 2.44. The number of carbonyl (C=O) groups is 1. The largest absolute Gasteiger partial charge is 0.393 e. The van der Waals surface area contributed by atoms with Gasteiger partial charge in [0, 0.05) is 50.2 Å². The van der Waals surface area contributed by atoms with E-state index in [2.05, 4.69) is 46.1 Å². The summed E-state index contributed by atoms with van der Waals surface area (Å²) >= 11 is 0. The smallest absolute Gasteiger partial charge is 0.227 e. The van der Waals surface area contributed by atoms with Gasteiger partial charge in [0.05, 0.1) is 30.3 Å². The molecule has 4 aliphatic heterocycles. The number of nitrogens with zero attached hydrogens (tertiary/aromatic N) is 2. The van der Waals surface area contributed by atoms with Crippen LogP contribution >= 0.6 is 0 Å². The molecular weight excluding hydrogens is 502 g/mol. The number of hydrogen-bond donors (Lipinski definition) is 6. The van der Waals surface area contributed by atoms with E-state index in [9.17, 15) is 15.2 Å². The number of fused-ring (bicyclic) bond motifs is 2. The van der Waals surface area contributed by atoms with Crippen LogP contribution in [0.5, 0.6) is 0 Å². The molecule has 7 N–H and O–H groups in total. The summed E-state index contributed by atoms with van der Waals surface area (Å²) < 4.78 is 0. The fourth-order valence-electron chi connectivity index (χ4n) is 9.10. The van der Waals surface area contributed by atoms with Gasteiger partial charge in [-0.15, -0.1) is 0 Å². The monoisotopic (exact) mass is 557 g/mol. The summed E-state index contributed by atoms with van der Waals surface area (Å²) in [6, 6.07) is 3.30. The van der Waals surface area contributed by atoms with E-state index in [4.69, 9.17) is 5.73 Å². The third-order valence-corrected chi connectivity index (χ3v) is 11.4. The SMILES string of the molecule is CCCC1(C)C2CC(CC#N)CNC1C(C(=O)NC1CNC(C3CCCCC3)CC1N1CCC(O)CC1)C(N)N2. The zero-order chi connectivity index (χ0) is 28.3. The lowest BCUT2D eigenvalue weighted by Gasteiger charge is -2.53. The van der Waals surface area contributed by atoms with Crippen LogP contribution in [0.3, 0.4) is 0 Å². The van der Waals surface area contributed by atoms with Crippen LogP contribution in [0, 0.1) is 34.5 Å². The number of aliphatic hydroxyl groups is 1. The van der Waals surface area contributed by atoms with E-state index < -0.39 is 6.17 Å². The van der Waals surface area contributed by atoms with Crippen LogP contribution in [-0.4, -0.2) is 84.6 Å². The molecule has 5 fully saturated rings. The summed E-state index contributed by atoms with van der Waals surface area (Å²) in [5.74, 6) is 0.647. The molecule has 1 saturated carbocycles. The maximum atomic E-state index is 14.2. The van der Waals surface area contributed by atoms with Crippen LogP contribution in [0.25, 0.3) is 0 Å². The number of rotatable bonds is 7. The summed E-state index contributed by atoms with van der Waals surface area (Å²) in [5, 5.41) is 34.4. The summed E-state index contributed by atoms with van der Waals surface area (Å²) in [5.41, 5.74) is 6.65. The molecular formula is C31H55N7O2. The molecule has 2 bridgehead atoms. The van der Waals surface area contributed by atoms with Gasteiger partial charge in [-0.2, -0.15) is 5.26 Å². The first kappa shape index (κ1) is 30.2. The Kier molecular flexibility index (Phi) is 10.1. The van der Waals surface area contributed by atoms with Crippen molar-refractivity contribution in [3.05, 3.63) is 0 Å². The van der Waals surface area contributed by atoms with Crippen LogP contribution in [-0.2, 0) is 4.79 Å². The highest BCUT2D eigenvalue weighted by atomic mass is 16.3. The average molecular weight is 558 g/mol. The Morgan fingerprint density at radius 1 is 1.12 bits per heavy atom. The van der Waals surface area contributed by atoms with Crippen molar-refractivity contribution in [3.8, 4) is 6.07 Å². The van der Waals surface area contributed by atoms with E-state index in [0.717, 1.165) is 70.6 Å². The lowest BCUT2D eigenvalue weighted by atomic mass is 9.63. The molecule has 5 aliphatic rings. The Morgan fingerprint density at radius 3 is 2.58 bits per heavy atom. The molecule has 226 valence electrons. The minimum atomic E-state index is -0.427. The number of piperidine rings is 3. The summed E-state index contributed by atoms with van der Waals surface area (Å²) in [7, 11) is 0. The summed E-state index contributed by atoms with van der Waals surface area (Å²) in [6.45, 7) is 7.83. The van der Waals surface area contributed by atoms with Crippen molar-refractivity contribution in [1.82, 2.24) is 26.2 Å². The normalized spacial score (nSPS) is 42.1. The van der Waals surface area contributed by atoms with Gasteiger partial charge >= 0.3 is 0 Å². The standard InChI is InChI=1S/C31H55N7O2/c1-3-12-31(2)26-16-20(9-13-32)18-35-28(31)27(29(33)37-26)30(40)36-24-19-34-23(21-7-5-4-6-8-21)17-25(24)38-14-10-22(39)11-15-38/h20-29,34-35,37,39H,3-12,14-19,33H2,1-2H3,(H,36,40). The number of aliphatic hydroxyl groups excluding tert-OH is 1. The van der Waals surface area contributed by atoms with E-state index >= 15 is 0 Å². The molecule has 1 amide bonds. The molecule has 0 aromatic heterocycles. The lowest BCUT2D eigenvalue weighted by molar-refractivity contribution is -0.133. The highest BCUT2D eigenvalue weighted by molar-refractivity contribution is 5.81. The molecule has 5 rings (SSSR count). The van der Waals surface area contributed by atoms with Gasteiger partial charge in [-0.3, -0.25) is 15.0 Å². The Labute approximate surface area is 241 Å². The minimum absolute atomic E-state index is 0.0158. The maximum absolute atomic E-state index is 14.2. The molecule has 0 spiro atoms. The van der Waals surface area contributed by atoms with Gasteiger partial charge in [0.15, 0.2) is 0 Å². The van der Waals surface area contributed by atoms with Crippen molar-refractivity contribution in [1.29, 1.82) is 5.26 Å². The quantitative estimate of drug-likeness (QED) is 0.279. The lowest BCUT2D eigenvalue weighted by Crippen LogP contribution is -2.73. The summed E-state index contributed by atoms with van der Waals surface area (Å²) in [4.78, 5) is 16.8. The molecule has 9 nitrogen and oxygen atoms in total. The number of hydrogen-bond acceptors (Lipinski definition) is 8.